The summed E-state index contributed by atoms with van der Waals surface area (Å²) in [7, 11) is -2.84. The molecular formula is C15H29NO2S. The molecule has 4 heteroatoms. The Labute approximate surface area is 118 Å². The van der Waals surface area contributed by atoms with Gasteiger partial charge >= 0.3 is 0 Å². The van der Waals surface area contributed by atoms with E-state index in [1.807, 2.05) is 0 Å². The Morgan fingerprint density at radius 3 is 1.79 bits per heavy atom. The van der Waals surface area contributed by atoms with E-state index in [9.17, 15) is 8.42 Å². The smallest absolute Gasteiger partial charge is 0.147 e. The molecule has 112 valence electrons. The van der Waals surface area contributed by atoms with E-state index in [-0.39, 0.29) is 5.92 Å². The summed E-state index contributed by atoms with van der Waals surface area (Å²) >= 11 is 0. The van der Waals surface area contributed by atoms with Crippen molar-refractivity contribution in [3.63, 3.8) is 0 Å². The van der Waals surface area contributed by atoms with Crippen LogP contribution in [0.15, 0.2) is 0 Å². The summed E-state index contributed by atoms with van der Waals surface area (Å²) in [5, 5.41) is 0. The molecule has 2 aliphatic rings. The fourth-order valence-corrected chi connectivity index (χ4v) is 5.14. The number of hydrogen-bond acceptors (Lipinski definition) is 3. The fourth-order valence-electron chi connectivity index (χ4n) is 4.00. The average molecular weight is 287 g/mol. The molecule has 0 saturated heterocycles. The number of hydrogen-bond donors (Lipinski definition) is 0. The first-order chi connectivity index (χ1) is 8.96. The van der Waals surface area contributed by atoms with Crippen LogP contribution in [0.25, 0.3) is 0 Å². The zero-order chi connectivity index (χ0) is 13.9. The summed E-state index contributed by atoms with van der Waals surface area (Å²) in [6.45, 7) is 3.07. The van der Waals surface area contributed by atoms with Crippen LogP contribution >= 0.6 is 0 Å². The topological polar surface area (TPSA) is 37.4 Å². The average Bonchev–Trinajstić information content (AvgIpc) is 2.97. The van der Waals surface area contributed by atoms with Gasteiger partial charge in [0.2, 0.25) is 0 Å². The molecule has 0 unspecified atom stereocenters. The van der Waals surface area contributed by atoms with Gasteiger partial charge in [0.05, 0.1) is 5.75 Å². The maximum atomic E-state index is 11.4. The van der Waals surface area contributed by atoms with E-state index >= 15 is 0 Å². The van der Waals surface area contributed by atoms with Crippen molar-refractivity contribution < 1.29 is 8.42 Å². The van der Waals surface area contributed by atoms with E-state index in [1.54, 1.807) is 0 Å². The van der Waals surface area contributed by atoms with Crippen LogP contribution in [0.2, 0.25) is 0 Å². The molecule has 0 N–H and O–H groups in total. The highest BCUT2D eigenvalue weighted by atomic mass is 32.2. The number of sulfone groups is 1. The maximum Gasteiger partial charge on any atom is 0.147 e. The summed E-state index contributed by atoms with van der Waals surface area (Å²) in [5.74, 6) is 0.597. The van der Waals surface area contributed by atoms with Crippen molar-refractivity contribution in [3.05, 3.63) is 0 Å². The highest BCUT2D eigenvalue weighted by Crippen LogP contribution is 2.32. The molecule has 2 aliphatic carbocycles. The summed E-state index contributed by atoms with van der Waals surface area (Å²) in [6, 6.07) is 1.45. The predicted molar refractivity (Wildman–Crippen MR) is 80.1 cm³/mol. The third kappa shape index (κ3) is 4.75. The predicted octanol–water partition coefficient (Wildman–Crippen LogP) is 2.85. The van der Waals surface area contributed by atoms with Crippen molar-refractivity contribution in [2.45, 2.75) is 70.4 Å². The molecule has 0 aromatic rings. The first-order valence-corrected chi connectivity index (χ1v) is 9.95. The SMILES string of the molecule is C[C@H](CN(C1CCCC1)C1CCCC1)CS(C)(=O)=O. The normalized spacial score (nSPS) is 24.4. The molecule has 0 spiro atoms. The van der Waals surface area contributed by atoms with E-state index < -0.39 is 9.84 Å². The monoisotopic (exact) mass is 287 g/mol. The zero-order valence-corrected chi connectivity index (χ0v) is 13.3. The molecule has 19 heavy (non-hydrogen) atoms. The Kier molecular flexibility index (Phi) is 5.29. The van der Waals surface area contributed by atoms with Crippen molar-refractivity contribution in [2.75, 3.05) is 18.6 Å². The standard InChI is InChI=1S/C15H29NO2S/c1-13(12-19(2,17)18)11-16(14-7-3-4-8-14)15-9-5-6-10-15/h13-15H,3-12H2,1-2H3/t13-/m1/s1. The third-order valence-electron chi connectivity index (χ3n) is 4.70. The molecule has 2 rings (SSSR count). The molecule has 0 heterocycles. The third-order valence-corrected chi connectivity index (χ3v) is 5.87. The second-order valence-electron chi connectivity index (χ2n) is 6.77. The maximum absolute atomic E-state index is 11.4. The van der Waals surface area contributed by atoms with Crippen LogP contribution < -0.4 is 0 Å². The van der Waals surface area contributed by atoms with Crippen molar-refractivity contribution in [2.24, 2.45) is 5.92 Å². The number of rotatable bonds is 6. The quantitative estimate of drug-likeness (QED) is 0.754. The lowest BCUT2D eigenvalue weighted by Crippen LogP contribution is -2.44. The van der Waals surface area contributed by atoms with Gasteiger partial charge in [-0.2, -0.15) is 0 Å². The summed E-state index contributed by atoms with van der Waals surface area (Å²) in [6.07, 6.45) is 12.1. The van der Waals surface area contributed by atoms with Gasteiger partial charge in [-0.3, -0.25) is 4.90 Å². The van der Waals surface area contributed by atoms with Crippen molar-refractivity contribution in [3.8, 4) is 0 Å². The van der Waals surface area contributed by atoms with Crippen LogP contribution in [0.3, 0.4) is 0 Å². The molecule has 0 radical (unpaired) electrons. The van der Waals surface area contributed by atoms with Gasteiger partial charge in [-0.25, -0.2) is 8.42 Å². The Bertz CT molecular complexity index is 352. The summed E-state index contributed by atoms with van der Waals surface area (Å²) < 4.78 is 22.9. The minimum Gasteiger partial charge on any atom is -0.297 e. The molecule has 3 nitrogen and oxygen atoms in total. The highest BCUT2D eigenvalue weighted by Gasteiger charge is 2.31. The number of nitrogens with zero attached hydrogens (tertiary/aromatic N) is 1. The summed E-state index contributed by atoms with van der Waals surface area (Å²) in [4.78, 5) is 2.68. The van der Waals surface area contributed by atoms with Crippen LogP contribution in [0, 0.1) is 5.92 Å². The van der Waals surface area contributed by atoms with Crippen LogP contribution in [0.5, 0.6) is 0 Å². The van der Waals surface area contributed by atoms with Crippen LogP contribution in [-0.4, -0.2) is 44.0 Å². The second kappa shape index (κ2) is 6.57. The molecule has 0 aromatic heterocycles. The van der Waals surface area contributed by atoms with Crippen LogP contribution in [0.1, 0.15) is 58.3 Å². The Morgan fingerprint density at radius 2 is 1.42 bits per heavy atom. The van der Waals surface area contributed by atoms with Crippen LogP contribution in [0.4, 0.5) is 0 Å². The van der Waals surface area contributed by atoms with E-state index in [0.717, 1.165) is 18.6 Å². The van der Waals surface area contributed by atoms with E-state index in [1.165, 1.54) is 57.6 Å². The first kappa shape index (κ1) is 15.3. The van der Waals surface area contributed by atoms with Gasteiger partial charge in [-0.05, 0) is 31.6 Å². The first-order valence-electron chi connectivity index (χ1n) is 7.89. The van der Waals surface area contributed by atoms with Gasteiger partial charge in [0.15, 0.2) is 0 Å². The lowest BCUT2D eigenvalue weighted by atomic mass is 10.1. The molecule has 0 aliphatic heterocycles. The molecule has 2 saturated carbocycles. The van der Waals surface area contributed by atoms with Crippen LogP contribution in [-0.2, 0) is 9.84 Å². The van der Waals surface area contributed by atoms with Crippen molar-refractivity contribution in [1.82, 2.24) is 4.90 Å². The molecule has 0 aromatic carbocycles. The second-order valence-corrected chi connectivity index (χ2v) is 8.96. The van der Waals surface area contributed by atoms with E-state index in [0.29, 0.717) is 5.75 Å². The van der Waals surface area contributed by atoms with E-state index in [4.69, 9.17) is 0 Å². The minimum atomic E-state index is -2.84. The zero-order valence-electron chi connectivity index (χ0n) is 12.5. The Morgan fingerprint density at radius 1 is 1.00 bits per heavy atom. The molecule has 1 atom stereocenters. The molecule has 2 fully saturated rings. The van der Waals surface area contributed by atoms with Crippen molar-refractivity contribution >= 4 is 9.84 Å². The lowest BCUT2D eigenvalue weighted by Gasteiger charge is -2.36. The molecular weight excluding hydrogens is 258 g/mol. The molecule has 0 bridgehead atoms. The lowest BCUT2D eigenvalue weighted by molar-refractivity contribution is 0.121. The molecule has 0 amide bonds. The van der Waals surface area contributed by atoms with Gasteiger partial charge in [0.25, 0.3) is 0 Å². The van der Waals surface area contributed by atoms with E-state index in [2.05, 4.69) is 11.8 Å². The van der Waals surface area contributed by atoms with Gasteiger partial charge in [0, 0.05) is 24.9 Å². The van der Waals surface area contributed by atoms with Gasteiger partial charge in [-0.15, -0.1) is 0 Å². The largest absolute Gasteiger partial charge is 0.297 e. The van der Waals surface area contributed by atoms with Gasteiger partial charge < -0.3 is 0 Å². The van der Waals surface area contributed by atoms with Gasteiger partial charge in [-0.1, -0.05) is 32.6 Å². The van der Waals surface area contributed by atoms with Crippen molar-refractivity contribution in [1.29, 1.82) is 0 Å². The minimum absolute atomic E-state index is 0.260. The summed E-state index contributed by atoms with van der Waals surface area (Å²) in [5.41, 5.74) is 0. The Hall–Kier alpha value is -0.0900. The highest BCUT2D eigenvalue weighted by molar-refractivity contribution is 7.90. The van der Waals surface area contributed by atoms with Gasteiger partial charge in [0.1, 0.15) is 9.84 Å². The Balaban J connectivity index is 1.96. The fraction of sp³-hybridized carbons (Fsp3) is 1.00.